The number of hydrogen-bond acceptors (Lipinski definition) is 7. The molecule has 1 N–H and O–H groups in total. The van der Waals surface area contributed by atoms with Crippen molar-refractivity contribution < 1.29 is 24.2 Å². The monoisotopic (exact) mass is 426 g/mol. The summed E-state index contributed by atoms with van der Waals surface area (Å²) < 4.78 is 5.15. The summed E-state index contributed by atoms with van der Waals surface area (Å²) in [5.41, 5.74) is 0.338. The smallest absolute Gasteiger partial charge is 0.338 e. The highest BCUT2D eigenvalue weighted by molar-refractivity contribution is 6.03. The predicted molar refractivity (Wildman–Crippen MR) is 109 cm³/mol. The number of nitrogens with one attached hydrogen (secondary N) is 1. The highest BCUT2D eigenvalue weighted by atomic mass is 16.6. The molecule has 11 heteroatoms. The summed E-state index contributed by atoms with van der Waals surface area (Å²) in [7, 11) is 0. The van der Waals surface area contributed by atoms with Gasteiger partial charge in [-0.3, -0.25) is 25.1 Å². The van der Waals surface area contributed by atoms with Gasteiger partial charge in [0.25, 0.3) is 11.4 Å². The van der Waals surface area contributed by atoms with Crippen LogP contribution in [-0.4, -0.2) is 28.5 Å². The van der Waals surface area contributed by atoms with Gasteiger partial charge in [-0.25, -0.2) is 9.59 Å². The number of ether oxygens (including phenoxy) is 1. The Morgan fingerprint density at radius 2 is 1.71 bits per heavy atom. The SMILES string of the molecule is CCOC(=O)C1=C(C)N(c2cccc([N+](=O)[O-])c2)C(=O)NC1c1cccc([N+](=O)[O-])c1. The standard InChI is InChI=1S/C20H18N4O7/c1-3-31-19(25)17-12(2)22(14-7-5-9-16(11-14)24(29)30)20(26)21-18(17)13-6-4-8-15(10-13)23(27)28/h4-11,18H,3H2,1-2H3,(H,21,26). The number of non-ortho nitro benzene ring substituents is 2. The van der Waals surface area contributed by atoms with Crippen molar-refractivity contribution in [3.05, 3.63) is 85.6 Å². The van der Waals surface area contributed by atoms with Gasteiger partial charge in [-0.2, -0.15) is 0 Å². The third-order valence-corrected chi connectivity index (χ3v) is 4.69. The van der Waals surface area contributed by atoms with Crippen LogP contribution in [0.15, 0.2) is 59.8 Å². The van der Waals surface area contributed by atoms with E-state index in [0.29, 0.717) is 5.56 Å². The van der Waals surface area contributed by atoms with Gasteiger partial charge in [0.05, 0.1) is 33.8 Å². The van der Waals surface area contributed by atoms with Crippen molar-refractivity contribution in [1.82, 2.24) is 5.32 Å². The molecule has 0 radical (unpaired) electrons. The maximum Gasteiger partial charge on any atom is 0.338 e. The Morgan fingerprint density at radius 3 is 2.32 bits per heavy atom. The summed E-state index contributed by atoms with van der Waals surface area (Å²) in [6, 6.07) is 9.31. The summed E-state index contributed by atoms with van der Waals surface area (Å²) in [6.07, 6.45) is 0. The second kappa shape index (κ2) is 8.61. The molecule has 1 aliphatic rings. The number of hydrogen-bond donors (Lipinski definition) is 1. The molecule has 0 aromatic heterocycles. The number of rotatable bonds is 6. The average Bonchev–Trinajstić information content (AvgIpc) is 2.73. The average molecular weight is 426 g/mol. The molecule has 1 heterocycles. The van der Waals surface area contributed by atoms with E-state index in [4.69, 9.17) is 4.74 Å². The molecular formula is C20H18N4O7. The van der Waals surface area contributed by atoms with Crippen molar-refractivity contribution in [1.29, 1.82) is 0 Å². The molecule has 0 spiro atoms. The summed E-state index contributed by atoms with van der Waals surface area (Å²) in [5.74, 6) is -0.716. The third kappa shape index (κ3) is 4.20. The molecule has 2 aromatic carbocycles. The molecule has 1 atom stereocenters. The minimum absolute atomic E-state index is 0.0634. The van der Waals surface area contributed by atoms with Crippen molar-refractivity contribution >= 4 is 29.1 Å². The van der Waals surface area contributed by atoms with Gasteiger partial charge in [-0.1, -0.05) is 18.2 Å². The van der Waals surface area contributed by atoms with E-state index >= 15 is 0 Å². The minimum Gasteiger partial charge on any atom is -0.463 e. The molecule has 0 saturated heterocycles. The van der Waals surface area contributed by atoms with E-state index in [1.54, 1.807) is 13.0 Å². The number of esters is 1. The zero-order valence-electron chi connectivity index (χ0n) is 16.6. The lowest BCUT2D eigenvalue weighted by molar-refractivity contribution is -0.385. The van der Waals surface area contributed by atoms with Gasteiger partial charge in [-0.15, -0.1) is 0 Å². The van der Waals surface area contributed by atoms with Crippen LogP contribution in [0, 0.1) is 20.2 Å². The van der Waals surface area contributed by atoms with Crippen molar-refractivity contribution in [3.8, 4) is 0 Å². The number of benzene rings is 2. The number of urea groups is 1. The first-order chi connectivity index (χ1) is 14.7. The number of nitrogens with zero attached hydrogens (tertiary/aromatic N) is 3. The lowest BCUT2D eigenvalue weighted by Crippen LogP contribution is -2.48. The molecule has 1 aliphatic heterocycles. The molecule has 31 heavy (non-hydrogen) atoms. The van der Waals surface area contributed by atoms with Crippen LogP contribution in [0.1, 0.15) is 25.5 Å². The Balaban J connectivity index is 2.16. The van der Waals surface area contributed by atoms with Gasteiger partial charge < -0.3 is 10.1 Å². The van der Waals surface area contributed by atoms with Crippen LogP contribution in [0.2, 0.25) is 0 Å². The van der Waals surface area contributed by atoms with E-state index in [2.05, 4.69) is 5.32 Å². The molecule has 11 nitrogen and oxygen atoms in total. The number of amides is 2. The number of nitro benzene ring substituents is 2. The zero-order valence-corrected chi connectivity index (χ0v) is 16.6. The van der Waals surface area contributed by atoms with Crippen LogP contribution in [0.25, 0.3) is 0 Å². The largest absolute Gasteiger partial charge is 0.463 e. The summed E-state index contributed by atoms with van der Waals surface area (Å²) in [4.78, 5) is 48.0. The third-order valence-electron chi connectivity index (χ3n) is 4.69. The van der Waals surface area contributed by atoms with Gasteiger partial charge in [0.2, 0.25) is 0 Å². The molecule has 160 valence electrons. The fraction of sp³-hybridized carbons (Fsp3) is 0.200. The van der Waals surface area contributed by atoms with Crippen molar-refractivity contribution in [2.75, 3.05) is 11.5 Å². The fourth-order valence-corrected chi connectivity index (χ4v) is 3.34. The van der Waals surface area contributed by atoms with Gasteiger partial charge in [-0.05, 0) is 25.5 Å². The maximum absolute atomic E-state index is 12.9. The maximum atomic E-state index is 12.9. The van der Waals surface area contributed by atoms with Crippen molar-refractivity contribution in [2.24, 2.45) is 0 Å². The van der Waals surface area contributed by atoms with Crippen LogP contribution in [0.4, 0.5) is 21.9 Å². The van der Waals surface area contributed by atoms with Gasteiger partial charge in [0.1, 0.15) is 0 Å². The first-order valence-electron chi connectivity index (χ1n) is 9.22. The molecule has 0 aliphatic carbocycles. The number of carbonyl (C=O) groups excluding carboxylic acids is 2. The van der Waals surface area contributed by atoms with Crippen LogP contribution < -0.4 is 10.2 Å². The Bertz CT molecular complexity index is 1110. The zero-order chi connectivity index (χ0) is 22.7. The van der Waals surface area contributed by atoms with Crippen molar-refractivity contribution in [2.45, 2.75) is 19.9 Å². The second-order valence-corrected chi connectivity index (χ2v) is 6.57. The normalized spacial score (nSPS) is 16.0. The molecule has 0 bridgehead atoms. The molecular weight excluding hydrogens is 408 g/mol. The molecule has 2 amide bonds. The van der Waals surface area contributed by atoms with Gasteiger partial charge in [0.15, 0.2) is 0 Å². The van der Waals surface area contributed by atoms with E-state index in [1.165, 1.54) is 49.4 Å². The van der Waals surface area contributed by atoms with Crippen molar-refractivity contribution in [3.63, 3.8) is 0 Å². The van der Waals surface area contributed by atoms with Gasteiger partial charge >= 0.3 is 12.0 Å². The van der Waals surface area contributed by atoms with E-state index in [0.717, 1.165) is 4.90 Å². The Morgan fingerprint density at radius 1 is 1.10 bits per heavy atom. The van der Waals surface area contributed by atoms with Crippen LogP contribution in [0.3, 0.4) is 0 Å². The first kappa shape index (κ1) is 21.4. The van der Waals surface area contributed by atoms with E-state index in [1.807, 2.05) is 0 Å². The summed E-state index contributed by atoms with van der Waals surface area (Å²) in [6.45, 7) is 3.20. The summed E-state index contributed by atoms with van der Waals surface area (Å²) >= 11 is 0. The second-order valence-electron chi connectivity index (χ2n) is 6.57. The number of nitro groups is 2. The molecule has 0 saturated carbocycles. The van der Waals surface area contributed by atoms with E-state index < -0.39 is 27.9 Å². The highest BCUT2D eigenvalue weighted by Crippen LogP contribution is 2.35. The quantitative estimate of drug-likeness (QED) is 0.422. The predicted octanol–water partition coefficient (Wildman–Crippen LogP) is 3.61. The topological polar surface area (TPSA) is 145 Å². The lowest BCUT2D eigenvalue weighted by Gasteiger charge is -2.35. The van der Waals surface area contributed by atoms with E-state index in [-0.39, 0.29) is 34.9 Å². The highest BCUT2D eigenvalue weighted by Gasteiger charge is 2.38. The number of anilines is 1. The Kier molecular flexibility index (Phi) is 5.95. The molecule has 2 aromatic rings. The van der Waals surface area contributed by atoms with Crippen LogP contribution in [0.5, 0.6) is 0 Å². The summed E-state index contributed by atoms with van der Waals surface area (Å²) in [5, 5.41) is 24.9. The minimum atomic E-state index is -0.999. The van der Waals surface area contributed by atoms with Gasteiger partial charge in [0, 0.05) is 30.0 Å². The Labute approximate surface area is 176 Å². The number of carbonyl (C=O) groups is 2. The Hall–Kier alpha value is -4.28. The fourth-order valence-electron chi connectivity index (χ4n) is 3.34. The van der Waals surface area contributed by atoms with E-state index in [9.17, 15) is 29.8 Å². The van der Waals surface area contributed by atoms with Crippen LogP contribution in [-0.2, 0) is 9.53 Å². The first-order valence-corrected chi connectivity index (χ1v) is 9.22. The number of allylic oxidation sites excluding steroid dienone is 1. The van der Waals surface area contributed by atoms with Crippen LogP contribution >= 0.6 is 0 Å². The molecule has 1 unspecified atom stereocenters. The lowest BCUT2D eigenvalue weighted by atomic mass is 9.94. The molecule has 0 fully saturated rings. The molecule has 3 rings (SSSR count).